The summed E-state index contributed by atoms with van der Waals surface area (Å²) in [5.74, 6) is 5.30. The Morgan fingerprint density at radius 1 is 1.25 bits per heavy atom. The number of pyridine rings is 1. The number of amides is 1. The Labute approximate surface area is 208 Å². The highest BCUT2D eigenvalue weighted by Crippen LogP contribution is 2.29. The number of carbonyl (C=O) groups is 2. The lowest BCUT2D eigenvalue weighted by molar-refractivity contribution is -0.123. The molecule has 184 valence electrons. The van der Waals surface area contributed by atoms with E-state index in [4.69, 9.17) is 0 Å². The van der Waals surface area contributed by atoms with E-state index >= 15 is 0 Å². The highest BCUT2D eigenvalue weighted by atomic mass is 19.1. The molecule has 0 spiro atoms. The van der Waals surface area contributed by atoms with E-state index in [0.717, 1.165) is 35.7 Å². The van der Waals surface area contributed by atoms with Gasteiger partial charge < -0.3 is 10.3 Å². The van der Waals surface area contributed by atoms with E-state index in [1.165, 1.54) is 12.1 Å². The fourth-order valence-electron chi connectivity index (χ4n) is 4.68. The Morgan fingerprint density at radius 3 is 2.78 bits per heavy atom. The van der Waals surface area contributed by atoms with E-state index in [1.54, 1.807) is 18.5 Å². The first-order valence-electron chi connectivity index (χ1n) is 12.3. The number of fused-ring (bicyclic) bond motifs is 1. The summed E-state index contributed by atoms with van der Waals surface area (Å²) >= 11 is 0. The maximum atomic E-state index is 13.9. The minimum atomic E-state index is -0.678. The van der Waals surface area contributed by atoms with Crippen molar-refractivity contribution in [3.63, 3.8) is 0 Å². The van der Waals surface area contributed by atoms with Gasteiger partial charge in [-0.2, -0.15) is 0 Å². The van der Waals surface area contributed by atoms with Gasteiger partial charge in [0.2, 0.25) is 5.91 Å². The van der Waals surface area contributed by atoms with E-state index in [-0.39, 0.29) is 30.4 Å². The first-order valence-corrected chi connectivity index (χ1v) is 12.3. The molecule has 2 heterocycles. The van der Waals surface area contributed by atoms with Crippen LogP contribution in [0.15, 0.2) is 42.7 Å². The molecule has 0 radical (unpaired) electrons. The third kappa shape index (κ3) is 5.54. The average molecular weight is 488 g/mol. The maximum Gasteiger partial charge on any atom is 0.225 e. The van der Waals surface area contributed by atoms with Gasteiger partial charge in [0.15, 0.2) is 0 Å². The predicted octanol–water partition coefficient (Wildman–Crippen LogP) is 4.40. The number of Topliss-reactive ketones (excluding diaryl/α,β-unsaturated/α-hetero) is 1. The SMILES string of the molecule is CC1Cc2[nH]cc(CC(=O)NC(Cc3cc(F)cc(F)c3)c3ncccc3C#CC3CC3)c2CC1=O. The zero-order chi connectivity index (χ0) is 25.2. The lowest BCUT2D eigenvalue weighted by Crippen LogP contribution is -2.32. The number of benzene rings is 1. The Balaban J connectivity index is 1.41. The molecule has 36 heavy (non-hydrogen) atoms. The summed E-state index contributed by atoms with van der Waals surface area (Å²) in [6.45, 7) is 1.91. The van der Waals surface area contributed by atoms with Crippen LogP contribution in [0.25, 0.3) is 0 Å². The van der Waals surface area contributed by atoms with Crippen molar-refractivity contribution in [2.45, 2.75) is 51.5 Å². The number of nitrogens with one attached hydrogen (secondary N) is 2. The number of ketones is 1. The van der Waals surface area contributed by atoms with Crippen molar-refractivity contribution in [3.05, 3.63) is 88.0 Å². The van der Waals surface area contributed by atoms with Gasteiger partial charge in [0, 0.05) is 48.0 Å². The summed E-state index contributed by atoms with van der Waals surface area (Å²) in [5, 5.41) is 3.02. The molecule has 2 aromatic heterocycles. The minimum Gasteiger partial charge on any atom is -0.364 e. The number of H-pyrrole nitrogens is 1. The number of rotatable bonds is 6. The topological polar surface area (TPSA) is 74.8 Å². The van der Waals surface area contributed by atoms with Gasteiger partial charge in [0.05, 0.1) is 18.2 Å². The van der Waals surface area contributed by atoms with Gasteiger partial charge >= 0.3 is 0 Å². The number of aromatic nitrogens is 2. The average Bonchev–Trinajstić information content (AvgIpc) is 3.59. The van der Waals surface area contributed by atoms with Crippen LogP contribution in [0.5, 0.6) is 0 Å². The number of nitrogens with zero attached hydrogens (tertiary/aromatic N) is 1. The summed E-state index contributed by atoms with van der Waals surface area (Å²) in [6.07, 6.45) is 6.75. The van der Waals surface area contributed by atoms with Crippen LogP contribution in [0.4, 0.5) is 8.78 Å². The van der Waals surface area contributed by atoms with Gasteiger partial charge in [-0.15, -0.1) is 0 Å². The molecular formula is C29H27F2N3O2. The summed E-state index contributed by atoms with van der Waals surface area (Å²) in [5.41, 5.74) is 4.33. The second-order valence-corrected chi connectivity index (χ2v) is 9.78. The summed E-state index contributed by atoms with van der Waals surface area (Å²) in [6, 6.07) is 6.33. The first-order chi connectivity index (χ1) is 17.4. The third-order valence-electron chi connectivity index (χ3n) is 6.79. The van der Waals surface area contributed by atoms with E-state index in [1.807, 2.05) is 13.0 Å². The smallest absolute Gasteiger partial charge is 0.225 e. The molecule has 7 heteroatoms. The van der Waals surface area contributed by atoms with Crippen molar-refractivity contribution in [1.29, 1.82) is 0 Å². The molecule has 5 nitrogen and oxygen atoms in total. The maximum absolute atomic E-state index is 13.9. The third-order valence-corrected chi connectivity index (χ3v) is 6.79. The van der Waals surface area contributed by atoms with E-state index in [0.29, 0.717) is 35.6 Å². The van der Waals surface area contributed by atoms with Crippen molar-refractivity contribution in [1.82, 2.24) is 15.3 Å². The van der Waals surface area contributed by atoms with Gasteiger partial charge in [-0.05, 0) is 66.6 Å². The van der Waals surface area contributed by atoms with Crippen LogP contribution in [-0.4, -0.2) is 21.7 Å². The van der Waals surface area contributed by atoms with Gasteiger partial charge in [0.25, 0.3) is 0 Å². The second kappa shape index (κ2) is 10.1. The molecular weight excluding hydrogens is 460 g/mol. The standard InChI is InChI=1S/C29H27F2N3O2/c1-17-9-25-24(15-27(17)35)21(16-33-25)13-28(36)34-26(12-19-10-22(30)14-23(31)11-19)29-20(3-2-8-32-29)7-6-18-4-5-18/h2-3,8,10-11,14,16-18,26,33H,4-5,9,12-13,15H2,1H3,(H,34,36). The van der Waals surface area contributed by atoms with Gasteiger partial charge in [-0.3, -0.25) is 14.6 Å². The second-order valence-electron chi connectivity index (χ2n) is 9.78. The highest BCUT2D eigenvalue weighted by Gasteiger charge is 2.27. The van der Waals surface area contributed by atoms with Crippen LogP contribution < -0.4 is 5.32 Å². The fourth-order valence-corrected chi connectivity index (χ4v) is 4.68. The first kappa shape index (κ1) is 23.9. The Kier molecular flexibility index (Phi) is 6.69. The summed E-state index contributed by atoms with van der Waals surface area (Å²) in [4.78, 5) is 33.2. The van der Waals surface area contributed by atoms with Crippen molar-refractivity contribution >= 4 is 11.7 Å². The molecule has 1 aromatic carbocycles. The Morgan fingerprint density at radius 2 is 2.03 bits per heavy atom. The Bertz CT molecular complexity index is 1360. The van der Waals surface area contributed by atoms with Crippen LogP contribution in [-0.2, 0) is 35.3 Å². The number of hydrogen-bond acceptors (Lipinski definition) is 3. The zero-order valence-electron chi connectivity index (χ0n) is 20.0. The molecule has 1 saturated carbocycles. The van der Waals surface area contributed by atoms with Crippen molar-refractivity contribution in [2.75, 3.05) is 0 Å². The molecule has 0 saturated heterocycles. The zero-order valence-corrected chi connectivity index (χ0v) is 20.0. The number of hydrogen-bond donors (Lipinski definition) is 2. The molecule has 2 N–H and O–H groups in total. The molecule has 1 amide bonds. The molecule has 1 fully saturated rings. The molecule has 2 atom stereocenters. The van der Waals surface area contributed by atoms with E-state index in [9.17, 15) is 18.4 Å². The monoisotopic (exact) mass is 487 g/mol. The number of carbonyl (C=O) groups excluding carboxylic acids is 2. The van der Waals surface area contributed by atoms with Gasteiger partial charge in [0.1, 0.15) is 17.4 Å². The van der Waals surface area contributed by atoms with Crippen LogP contribution in [0.1, 0.15) is 59.4 Å². The van der Waals surface area contributed by atoms with Gasteiger partial charge in [-0.25, -0.2) is 8.78 Å². The molecule has 2 aliphatic rings. The minimum absolute atomic E-state index is 0.0341. The normalized spacial score (nSPS) is 17.6. The van der Waals surface area contributed by atoms with Crippen LogP contribution in [0.3, 0.4) is 0 Å². The predicted molar refractivity (Wildman–Crippen MR) is 131 cm³/mol. The summed E-state index contributed by atoms with van der Waals surface area (Å²) < 4.78 is 27.8. The summed E-state index contributed by atoms with van der Waals surface area (Å²) in [7, 11) is 0. The number of aromatic amines is 1. The van der Waals surface area contributed by atoms with Crippen molar-refractivity contribution < 1.29 is 18.4 Å². The van der Waals surface area contributed by atoms with Crippen LogP contribution in [0.2, 0.25) is 0 Å². The lowest BCUT2D eigenvalue weighted by Gasteiger charge is -2.21. The quantitative estimate of drug-likeness (QED) is 0.507. The largest absolute Gasteiger partial charge is 0.364 e. The molecule has 2 unspecified atom stereocenters. The van der Waals surface area contributed by atoms with Crippen molar-refractivity contribution in [2.24, 2.45) is 11.8 Å². The highest BCUT2D eigenvalue weighted by molar-refractivity contribution is 5.86. The molecule has 5 rings (SSSR count). The molecule has 0 aliphatic heterocycles. The molecule has 3 aromatic rings. The van der Waals surface area contributed by atoms with Gasteiger partial charge in [-0.1, -0.05) is 18.8 Å². The van der Waals surface area contributed by atoms with Crippen molar-refractivity contribution in [3.8, 4) is 11.8 Å². The van der Waals surface area contributed by atoms with Crippen LogP contribution >= 0.6 is 0 Å². The molecule has 2 aliphatic carbocycles. The van der Waals surface area contributed by atoms with E-state index in [2.05, 4.69) is 27.1 Å². The van der Waals surface area contributed by atoms with E-state index < -0.39 is 17.7 Å². The lowest BCUT2D eigenvalue weighted by atomic mass is 9.86. The van der Waals surface area contributed by atoms with Crippen LogP contribution in [0, 0.1) is 35.3 Å². The molecule has 0 bridgehead atoms. The Hall–Kier alpha value is -3.79. The number of halogens is 2. The fraction of sp³-hybridized carbons (Fsp3) is 0.345.